The van der Waals surface area contributed by atoms with Crippen molar-refractivity contribution in [2.75, 3.05) is 19.3 Å². The first-order valence-electron chi connectivity index (χ1n) is 8.41. The molecule has 0 aromatic heterocycles. The van der Waals surface area contributed by atoms with Gasteiger partial charge in [0.2, 0.25) is 0 Å². The first-order valence-corrected chi connectivity index (χ1v) is 9.46. The summed E-state index contributed by atoms with van der Waals surface area (Å²) in [5.41, 5.74) is 0. The van der Waals surface area contributed by atoms with Crippen molar-refractivity contribution in [2.45, 2.75) is 69.3 Å². The van der Waals surface area contributed by atoms with Gasteiger partial charge in [0, 0.05) is 30.8 Å². The highest BCUT2D eigenvalue weighted by Gasteiger charge is 2.29. The number of aliphatic hydroxyl groups is 1. The van der Waals surface area contributed by atoms with Crippen molar-refractivity contribution in [3.63, 3.8) is 0 Å². The van der Waals surface area contributed by atoms with E-state index in [1.807, 2.05) is 18.8 Å². The van der Waals surface area contributed by atoms with Gasteiger partial charge in [0.1, 0.15) is 0 Å². The number of carbonyl (C=O) groups excluding carboxylic acids is 1. The van der Waals surface area contributed by atoms with E-state index in [9.17, 15) is 9.90 Å². The zero-order chi connectivity index (χ0) is 15.2. The number of rotatable bonds is 5. The van der Waals surface area contributed by atoms with Gasteiger partial charge in [-0.15, -0.1) is 0 Å². The summed E-state index contributed by atoms with van der Waals surface area (Å²) in [6.45, 7) is 2.87. The summed E-state index contributed by atoms with van der Waals surface area (Å²) < 4.78 is 0. The number of carbonyl (C=O) groups is 1. The normalized spacial score (nSPS) is 32.9. The van der Waals surface area contributed by atoms with Crippen molar-refractivity contribution in [1.82, 2.24) is 10.2 Å². The average molecular weight is 314 g/mol. The maximum absolute atomic E-state index is 12.3. The van der Waals surface area contributed by atoms with E-state index >= 15 is 0 Å². The number of amides is 2. The monoisotopic (exact) mass is 314 g/mol. The van der Waals surface area contributed by atoms with Crippen LogP contribution < -0.4 is 5.32 Å². The Balaban J connectivity index is 1.72. The zero-order valence-electron chi connectivity index (χ0n) is 13.4. The molecule has 2 fully saturated rings. The van der Waals surface area contributed by atoms with Crippen LogP contribution in [0, 0.1) is 5.92 Å². The Hall–Kier alpha value is -0.420. The van der Waals surface area contributed by atoms with Crippen LogP contribution in [0.1, 0.15) is 51.9 Å². The lowest BCUT2D eigenvalue weighted by Gasteiger charge is -2.31. The number of thioether (sulfide) groups is 1. The summed E-state index contributed by atoms with van der Waals surface area (Å²) in [6, 6.07) is 0.361. The molecule has 0 aromatic carbocycles. The molecule has 0 heterocycles. The molecule has 0 aliphatic heterocycles. The molecular formula is C16H30N2O2S. The molecule has 2 saturated carbocycles. The van der Waals surface area contributed by atoms with Crippen LogP contribution in [0.25, 0.3) is 0 Å². The van der Waals surface area contributed by atoms with Crippen molar-refractivity contribution >= 4 is 17.8 Å². The summed E-state index contributed by atoms with van der Waals surface area (Å²) in [5, 5.41) is 13.9. The second-order valence-electron chi connectivity index (χ2n) is 6.53. The van der Waals surface area contributed by atoms with E-state index in [0.717, 1.165) is 37.9 Å². The van der Waals surface area contributed by atoms with Crippen molar-refractivity contribution < 1.29 is 9.90 Å². The molecule has 2 amide bonds. The van der Waals surface area contributed by atoms with Crippen molar-refractivity contribution in [1.29, 1.82) is 0 Å². The lowest BCUT2D eigenvalue weighted by atomic mass is 9.86. The smallest absolute Gasteiger partial charge is 0.317 e. The minimum atomic E-state index is -0.231. The van der Waals surface area contributed by atoms with Gasteiger partial charge in [0.15, 0.2) is 0 Å². The maximum Gasteiger partial charge on any atom is 0.317 e. The van der Waals surface area contributed by atoms with E-state index in [2.05, 4.69) is 12.2 Å². The van der Waals surface area contributed by atoms with Gasteiger partial charge in [-0.2, -0.15) is 11.8 Å². The van der Waals surface area contributed by atoms with Crippen LogP contribution in [0.2, 0.25) is 0 Å². The zero-order valence-corrected chi connectivity index (χ0v) is 14.2. The fourth-order valence-corrected chi connectivity index (χ4v) is 4.72. The minimum Gasteiger partial charge on any atom is -0.393 e. The summed E-state index contributed by atoms with van der Waals surface area (Å²) in [5.74, 6) is 1.41. The molecule has 4 nitrogen and oxygen atoms in total. The van der Waals surface area contributed by atoms with E-state index in [0.29, 0.717) is 17.8 Å². The van der Waals surface area contributed by atoms with Crippen molar-refractivity contribution in [2.24, 2.45) is 5.92 Å². The van der Waals surface area contributed by atoms with Gasteiger partial charge >= 0.3 is 6.03 Å². The van der Waals surface area contributed by atoms with Crippen LogP contribution in [0.5, 0.6) is 0 Å². The predicted octanol–water partition coefficient (Wildman–Crippen LogP) is 2.85. The van der Waals surface area contributed by atoms with E-state index in [1.165, 1.54) is 12.8 Å². The second-order valence-corrected chi connectivity index (χ2v) is 8.11. The Kier molecular flexibility index (Phi) is 6.68. The number of nitrogens with one attached hydrogen (secondary N) is 1. The molecule has 2 aliphatic carbocycles. The lowest BCUT2D eigenvalue weighted by molar-refractivity contribution is 0.0563. The largest absolute Gasteiger partial charge is 0.393 e. The molecule has 0 aromatic rings. The topological polar surface area (TPSA) is 52.6 Å². The summed E-state index contributed by atoms with van der Waals surface area (Å²) >= 11 is 2.01. The first kappa shape index (κ1) is 16.9. The van der Waals surface area contributed by atoms with Crippen LogP contribution in [-0.2, 0) is 0 Å². The summed E-state index contributed by atoms with van der Waals surface area (Å²) in [4.78, 5) is 14.0. The SMILES string of the molecule is CCSC1CCC(NC(=O)N(C)CC2CCCCC2O)C1. The predicted molar refractivity (Wildman–Crippen MR) is 88.7 cm³/mol. The van der Waals surface area contributed by atoms with Crippen LogP contribution in [0.4, 0.5) is 4.79 Å². The quantitative estimate of drug-likeness (QED) is 0.820. The molecular weight excluding hydrogens is 284 g/mol. The molecule has 21 heavy (non-hydrogen) atoms. The Bertz CT molecular complexity index is 340. The highest BCUT2D eigenvalue weighted by molar-refractivity contribution is 7.99. The third-order valence-electron chi connectivity index (χ3n) is 4.84. The Morgan fingerprint density at radius 3 is 2.76 bits per heavy atom. The third kappa shape index (κ3) is 5.06. The highest BCUT2D eigenvalue weighted by atomic mass is 32.2. The lowest BCUT2D eigenvalue weighted by Crippen LogP contribution is -2.45. The second kappa shape index (κ2) is 8.28. The average Bonchev–Trinajstić information content (AvgIpc) is 2.89. The number of hydrogen-bond acceptors (Lipinski definition) is 3. The van der Waals surface area contributed by atoms with E-state index in [1.54, 1.807) is 4.90 Å². The fourth-order valence-electron chi connectivity index (χ4n) is 3.58. The Morgan fingerprint density at radius 1 is 1.29 bits per heavy atom. The maximum atomic E-state index is 12.3. The molecule has 0 spiro atoms. The number of hydrogen-bond donors (Lipinski definition) is 2. The van der Waals surface area contributed by atoms with Gasteiger partial charge in [0.05, 0.1) is 6.10 Å². The highest BCUT2D eigenvalue weighted by Crippen LogP contribution is 2.30. The first-order chi connectivity index (χ1) is 10.1. The summed E-state index contributed by atoms with van der Waals surface area (Å²) in [6.07, 6.45) is 7.41. The summed E-state index contributed by atoms with van der Waals surface area (Å²) in [7, 11) is 1.85. The van der Waals surface area contributed by atoms with Crippen molar-refractivity contribution in [3.05, 3.63) is 0 Å². The Morgan fingerprint density at radius 2 is 2.05 bits per heavy atom. The molecule has 0 saturated heterocycles. The van der Waals surface area contributed by atoms with Crippen LogP contribution in [0.3, 0.4) is 0 Å². The molecule has 2 rings (SSSR count). The molecule has 5 heteroatoms. The standard InChI is InChI=1S/C16H30N2O2S/c1-3-21-14-9-8-13(10-14)17-16(20)18(2)11-12-6-4-5-7-15(12)19/h12-15,19H,3-11H2,1-2H3,(H,17,20). The van der Waals surface area contributed by atoms with Crippen molar-refractivity contribution in [3.8, 4) is 0 Å². The van der Waals surface area contributed by atoms with Gasteiger partial charge in [-0.05, 0) is 37.9 Å². The van der Waals surface area contributed by atoms with Crippen LogP contribution in [0.15, 0.2) is 0 Å². The molecule has 2 aliphatic rings. The van der Waals surface area contributed by atoms with E-state index < -0.39 is 0 Å². The number of urea groups is 1. The van der Waals surface area contributed by atoms with E-state index in [-0.39, 0.29) is 18.1 Å². The molecule has 0 bridgehead atoms. The van der Waals surface area contributed by atoms with Crippen LogP contribution in [-0.4, -0.2) is 52.8 Å². The van der Waals surface area contributed by atoms with Gasteiger partial charge in [-0.25, -0.2) is 4.79 Å². The fraction of sp³-hybridized carbons (Fsp3) is 0.938. The molecule has 2 N–H and O–H groups in total. The number of aliphatic hydroxyl groups excluding tert-OH is 1. The van der Waals surface area contributed by atoms with E-state index in [4.69, 9.17) is 0 Å². The number of nitrogens with zero attached hydrogens (tertiary/aromatic N) is 1. The molecule has 4 unspecified atom stereocenters. The van der Waals surface area contributed by atoms with Gasteiger partial charge < -0.3 is 15.3 Å². The molecule has 4 atom stereocenters. The Labute approximate surface area is 133 Å². The third-order valence-corrected chi connectivity index (χ3v) is 6.07. The van der Waals surface area contributed by atoms with Gasteiger partial charge in [-0.3, -0.25) is 0 Å². The van der Waals surface area contributed by atoms with Gasteiger partial charge in [0.25, 0.3) is 0 Å². The molecule has 122 valence electrons. The van der Waals surface area contributed by atoms with Gasteiger partial charge in [-0.1, -0.05) is 19.8 Å². The minimum absolute atomic E-state index is 0.0277. The molecule has 0 radical (unpaired) electrons. The van der Waals surface area contributed by atoms with Crippen LogP contribution >= 0.6 is 11.8 Å².